The van der Waals surface area contributed by atoms with Crippen molar-refractivity contribution in [3.05, 3.63) is 41.7 Å². The second-order valence-electron chi connectivity index (χ2n) is 4.70. The quantitative estimate of drug-likeness (QED) is 0.621. The van der Waals surface area contributed by atoms with Gasteiger partial charge < -0.3 is 10.1 Å². The largest absolute Gasteiger partial charge is 0.490 e. The van der Waals surface area contributed by atoms with Crippen LogP contribution in [-0.2, 0) is 5.75 Å². The standard InChI is InChI=1S/C16H21N3OS/c1-4-9-17-15-14(20-3)16(19-11-18-15)21-10-13-8-6-5-7-12(13)2/h5-8,11H,4,9-10H2,1-3H3,(H,17,18,19). The Bertz CT molecular complexity index is 589. The topological polar surface area (TPSA) is 47.0 Å². The van der Waals surface area contributed by atoms with Crippen LogP contribution in [0.3, 0.4) is 0 Å². The Balaban J connectivity index is 2.14. The zero-order valence-electron chi connectivity index (χ0n) is 12.7. The molecule has 1 aromatic heterocycles. The Morgan fingerprint density at radius 3 is 2.76 bits per heavy atom. The van der Waals surface area contributed by atoms with E-state index in [0.717, 1.165) is 35.3 Å². The van der Waals surface area contributed by atoms with Crippen LogP contribution >= 0.6 is 11.8 Å². The fourth-order valence-corrected chi connectivity index (χ4v) is 2.98. The highest BCUT2D eigenvalue weighted by molar-refractivity contribution is 7.98. The summed E-state index contributed by atoms with van der Waals surface area (Å²) in [5, 5.41) is 4.14. The van der Waals surface area contributed by atoms with Crippen molar-refractivity contribution in [2.45, 2.75) is 31.0 Å². The molecule has 0 atom stereocenters. The van der Waals surface area contributed by atoms with Gasteiger partial charge in [-0.1, -0.05) is 43.0 Å². The highest BCUT2D eigenvalue weighted by Crippen LogP contribution is 2.34. The molecule has 0 amide bonds. The molecule has 5 heteroatoms. The van der Waals surface area contributed by atoms with E-state index < -0.39 is 0 Å². The molecule has 0 radical (unpaired) electrons. The average Bonchev–Trinajstić information content (AvgIpc) is 2.52. The van der Waals surface area contributed by atoms with E-state index in [2.05, 4.69) is 53.4 Å². The number of hydrogen-bond donors (Lipinski definition) is 1. The van der Waals surface area contributed by atoms with Gasteiger partial charge in [-0.25, -0.2) is 9.97 Å². The fourth-order valence-electron chi connectivity index (χ4n) is 1.93. The van der Waals surface area contributed by atoms with Gasteiger partial charge in [0.05, 0.1) is 7.11 Å². The van der Waals surface area contributed by atoms with Gasteiger partial charge in [0.15, 0.2) is 11.6 Å². The maximum Gasteiger partial charge on any atom is 0.193 e. The Morgan fingerprint density at radius 1 is 1.24 bits per heavy atom. The summed E-state index contributed by atoms with van der Waals surface area (Å²) in [5.74, 6) is 2.36. The van der Waals surface area contributed by atoms with Crippen molar-refractivity contribution in [3.63, 3.8) is 0 Å². The molecule has 112 valence electrons. The second-order valence-corrected chi connectivity index (χ2v) is 5.67. The highest BCUT2D eigenvalue weighted by atomic mass is 32.2. The van der Waals surface area contributed by atoms with Gasteiger partial charge in [0.2, 0.25) is 0 Å². The summed E-state index contributed by atoms with van der Waals surface area (Å²) >= 11 is 1.67. The third-order valence-corrected chi connectivity index (χ3v) is 4.16. The van der Waals surface area contributed by atoms with E-state index in [1.807, 2.05) is 0 Å². The molecule has 0 aliphatic carbocycles. The van der Waals surface area contributed by atoms with Crippen LogP contribution in [-0.4, -0.2) is 23.6 Å². The van der Waals surface area contributed by atoms with Crippen LogP contribution in [0.25, 0.3) is 0 Å². The number of methoxy groups -OCH3 is 1. The predicted molar refractivity (Wildman–Crippen MR) is 88.1 cm³/mol. The summed E-state index contributed by atoms with van der Waals surface area (Å²) < 4.78 is 5.48. The van der Waals surface area contributed by atoms with Gasteiger partial charge >= 0.3 is 0 Å². The zero-order valence-corrected chi connectivity index (χ0v) is 13.5. The number of ether oxygens (including phenoxy) is 1. The molecule has 4 nitrogen and oxygen atoms in total. The van der Waals surface area contributed by atoms with Crippen molar-refractivity contribution < 1.29 is 4.74 Å². The maximum absolute atomic E-state index is 5.48. The highest BCUT2D eigenvalue weighted by Gasteiger charge is 2.12. The van der Waals surface area contributed by atoms with Crippen molar-refractivity contribution in [2.24, 2.45) is 0 Å². The number of benzene rings is 1. The van der Waals surface area contributed by atoms with E-state index >= 15 is 0 Å². The SMILES string of the molecule is CCCNc1ncnc(SCc2ccccc2C)c1OC. The molecule has 0 saturated carbocycles. The van der Waals surface area contributed by atoms with Gasteiger partial charge in [0.1, 0.15) is 11.4 Å². The number of anilines is 1. The predicted octanol–water partition coefficient (Wildman–Crippen LogP) is 3.91. The van der Waals surface area contributed by atoms with Crippen LogP contribution in [0.5, 0.6) is 5.75 Å². The zero-order chi connectivity index (χ0) is 15.1. The Kier molecular flexibility index (Phi) is 5.87. The van der Waals surface area contributed by atoms with Crippen LogP contribution in [0, 0.1) is 6.92 Å². The van der Waals surface area contributed by atoms with Crippen LogP contribution < -0.4 is 10.1 Å². The lowest BCUT2D eigenvalue weighted by atomic mass is 10.1. The first-order valence-electron chi connectivity index (χ1n) is 7.06. The van der Waals surface area contributed by atoms with Gasteiger partial charge in [-0.15, -0.1) is 0 Å². The van der Waals surface area contributed by atoms with E-state index in [4.69, 9.17) is 4.74 Å². The van der Waals surface area contributed by atoms with Crippen LogP contribution in [0.1, 0.15) is 24.5 Å². The van der Waals surface area contributed by atoms with Gasteiger partial charge in [0.25, 0.3) is 0 Å². The third-order valence-electron chi connectivity index (χ3n) is 3.14. The minimum atomic E-state index is 0.726. The molecular weight excluding hydrogens is 282 g/mol. The van der Waals surface area contributed by atoms with E-state index in [1.54, 1.807) is 25.2 Å². The molecule has 21 heavy (non-hydrogen) atoms. The first-order chi connectivity index (χ1) is 10.3. The molecule has 0 spiro atoms. The molecule has 1 N–H and O–H groups in total. The minimum Gasteiger partial charge on any atom is -0.490 e. The molecule has 2 aromatic rings. The molecule has 1 aromatic carbocycles. The first-order valence-corrected chi connectivity index (χ1v) is 8.05. The van der Waals surface area contributed by atoms with E-state index in [-0.39, 0.29) is 0 Å². The van der Waals surface area contributed by atoms with Crippen LogP contribution in [0.15, 0.2) is 35.6 Å². The number of hydrogen-bond acceptors (Lipinski definition) is 5. The molecule has 0 aliphatic rings. The summed E-state index contributed by atoms with van der Waals surface area (Å²) in [4.78, 5) is 8.61. The summed E-state index contributed by atoms with van der Waals surface area (Å²) in [5.41, 5.74) is 2.61. The lowest BCUT2D eigenvalue weighted by Crippen LogP contribution is -2.05. The van der Waals surface area contributed by atoms with E-state index in [1.165, 1.54) is 11.1 Å². The normalized spacial score (nSPS) is 10.4. The number of aryl methyl sites for hydroxylation is 1. The first kappa shape index (κ1) is 15.6. The molecule has 0 unspecified atom stereocenters. The van der Waals surface area contributed by atoms with Crippen LogP contribution in [0.2, 0.25) is 0 Å². The summed E-state index contributed by atoms with van der Waals surface area (Å²) in [6, 6.07) is 8.39. The summed E-state index contributed by atoms with van der Waals surface area (Å²) in [6.07, 6.45) is 2.62. The third kappa shape index (κ3) is 4.11. The van der Waals surface area contributed by atoms with Gasteiger partial charge in [-0.3, -0.25) is 0 Å². The molecule has 0 bridgehead atoms. The Labute approximate surface area is 130 Å². The number of nitrogens with one attached hydrogen (secondary N) is 1. The molecular formula is C16H21N3OS. The lowest BCUT2D eigenvalue weighted by Gasteiger charge is -2.12. The van der Waals surface area contributed by atoms with E-state index in [9.17, 15) is 0 Å². The average molecular weight is 303 g/mol. The van der Waals surface area contributed by atoms with Gasteiger partial charge in [-0.2, -0.15) is 0 Å². The summed E-state index contributed by atoms with van der Waals surface area (Å²) in [7, 11) is 1.66. The molecule has 0 aliphatic heterocycles. The lowest BCUT2D eigenvalue weighted by molar-refractivity contribution is 0.400. The number of aromatic nitrogens is 2. The Morgan fingerprint density at radius 2 is 2.05 bits per heavy atom. The van der Waals surface area contributed by atoms with Crippen LogP contribution in [0.4, 0.5) is 5.82 Å². The monoisotopic (exact) mass is 303 g/mol. The smallest absolute Gasteiger partial charge is 0.193 e. The maximum atomic E-state index is 5.48. The number of thioether (sulfide) groups is 1. The fraction of sp³-hybridized carbons (Fsp3) is 0.375. The van der Waals surface area contributed by atoms with E-state index in [0.29, 0.717) is 0 Å². The number of rotatable bonds is 7. The van der Waals surface area contributed by atoms with Crippen molar-refractivity contribution in [1.82, 2.24) is 9.97 Å². The molecule has 1 heterocycles. The van der Waals surface area contributed by atoms with Crippen molar-refractivity contribution in [1.29, 1.82) is 0 Å². The molecule has 2 rings (SSSR count). The summed E-state index contributed by atoms with van der Waals surface area (Å²) in [6.45, 7) is 5.12. The minimum absolute atomic E-state index is 0.726. The van der Waals surface area contributed by atoms with Crippen molar-refractivity contribution in [2.75, 3.05) is 19.0 Å². The Hall–Kier alpha value is -1.75. The van der Waals surface area contributed by atoms with Crippen molar-refractivity contribution >= 4 is 17.6 Å². The van der Waals surface area contributed by atoms with Gasteiger partial charge in [0, 0.05) is 12.3 Å². The second kappa shape index (κ2) is 7.88. The molecule has 0 fully saturated rings. The van der Waals surface area contributed by atoms with Crippen molar-refractivity contribution in [3.8, 4) is 5.75 Å². The molecule has 0 saturated heterocycles. The van der Waals surface area contributed by atoms with Gasteiger partial charge in [-0.05, 0) is 24.5 Å². The number of nitrogens with zero attached hydrogens (tertiary/aromatic N) is 2.